The third-order valence-corrected chi connectivity index (χ3v) is 17.2. The summed E-state index contributed by atoms with van der Waals surface area (Å²) >= 11 is -2.18. The van der Waals surface area contributed by atoms with E-state index in [0.29, 0.717) is 5.56 Å². The molecule has 1 radical (unpaired) electrons. The Morgan fingerprint density at radius 2 is 1.40 bits per heavy atom. The maximum Gasteiger partial charge on any atom is 0 e. The number of furan rings is 1. The zero-order valence-corrected chi connectivity index (χ0v) is 45.1. The Bertz CT molecular complexity index is 3470. The first-order valence-corrected chi connectivity index (χ1v) is 30.7. The summed E-state index contributed by atoms with van der Waals surface area (Å²) in [5, 5.41) is 2.16. The average molecular weight is 1130 g/mol. The van der Waals surface area contributed by atoms with E-state index < -0.39 is 20.1 Å². The number of aryl methyl sites for hydroxylation is 2. The maximum atomic E-state index is 7.56. The van der Waals surface area contributed by atoms with E-state index >= 15 is 0 Å². The van der Waals surface area contributed by atoms with Crippen LogP contribution in [0, 0.1) is 25.9 Å². The molecule has 6 aromatic carbocycles. The standard InChI is InChI=1S/C37H32N3O.C24H28GeN.Ir/c1-22(2)30-19-26(25-12-7-6-8-13-25)20-31(23(3)4)35(30)40-33-18-24(5)38-21-32(33)39-37(40)29-16-11-15-28-27-14-9-10-17-34(27)41-36(28)29;1-18-12-14-19(15-13-18)23-16-21(22(17-26-23)25(4,5)6)24(2,3)20-10-8-7-9-11-20;/h6-15,17-23H,1-5H3;7-14,16-17H,1-6H3;/q2*-1;/i;1D3;. The molecule has 10 rings (SSSR count). The molecule has 0 atom stereocenters. The van der Waals surface area contributed by atoms with Crippen LogP contribution in [0.2, 0.25) is 17.3 Å². The van der Waals surface area contributed by atoms with Crippen LogP contribution in [0.3, 0.4) is 0 Å². The fraction of sp³-hybridized carbons (Fsp3) is 0.230. The molecule has 0 N–H and O–H groups in total. The van der Waals surface area contributed by atoms with Gasteiger partial charge in [-0.25, -0.2) is 0 Å². The number of fused-ring (bicyclic) bond motifs is 4. The fourth-order valence-electron chi connectivity index (χ4n) is 9.26. The van der Waals surface area contributed by atoms with Crippen LogP contribution in [0.15, 0.2) is 156 Å². The second-order valence-corrected chi connectivity index (χ2v) is 30.4. The van der Waals surface area contributed by atoms with E-state index in [1.807, 2.05) is 49.6 Å². The van der Waals surface area contributed by atoms with Gasteiger partial charge in [-0.2, -0.15) is 0 Å². The Morgan fingerprint density at radius 1 is 0.721 bits per heavy atom. The summed E-state index contributed by atoms with van der Waals surface area (Å²) in [6.45, 7) is 13.5. The molecule has 68 heavy (non-hydrogen) atoms. The Balaban J connectivity index is 0.000000200. The third kappa shape index (κ3) is 9.44. The van der Waals surface area contributed by atoms with Gasteiger partial charge in [-0.1, -0.05) is 87.2 Å². The molecule has 0 aliphatic carbocycles. The van der Waals surface area contributed by atoms with Gasteiger partial charge in [0.2, 0.25) is 0 Å². The van der Waals surface area contributed by atoms with Gasteiger partial charge in [-0.05, 0) is 65.3 Å². The van der Waals surface area contributed by atoms with Crippen molar-refractivity contribution in [2.75, 3.05) is 0 Å². The van der Waals surface area contributed by atoms with E-state index in [2.05, 4.69) is 178 Å². The van der Waals surface area contributed by atoms with E-state index in [1.54, 1.807) is 12.1 Å². The SMILES string of the molecule is Cc1cc2c(cn1)nc(-c1[c-]ccc3c1oc1ccccc13)n2-c1c(C(C)C)cc(-c2ccccc2)cc1C(C)C.[2H]C([2H])([2H])c1c[c-]c(-c2cc(C(C)(C)c3ccccc3)[c]([Ge]([CH3])([CH3])[CH3])cn2)cc1.[Ir]. The van der Waals surface area contributed by atoms with Crippen molar-refractivity contribution in [1.29, 1.82) is 0 Å². The Labute approximate surface area is 423 Å². The normalized spacial score (nSPS) is 12.7. The molecular formula is C61H60GeIrN4O-2. The van der Waals surface area contributed by atoms with Crippen molar-refractivity contribution in [3.8, 4) is 39.5 Å². The first-order chi connectivity index (χ1) is 33.3. The Hall–Kier alpha value is -5.92. The van der Waals surface area contributed by atoms with Crippen molar-refractivity contribution in [1.82, 2.24) is 19.5 Å². The molecule has 0 saturated carbocycles. The molecule has 5 nitrogen and oxygen atoms in total. The van der Waals surface area contributed by atoms with Crippen LogP contribution in [0.1, 0.15) is 91.0 Å². The van der Waals surface area contributed by atoms with E-state index in [9.17, 15) is 0 Å². The van der Waals surface area contributed by atoms with Gasteiger partial charge in [0, 0.05) is 36.9 Å². The molecule has 0 aliphatic rings. The first-order valence-electron chi connectivity index (χ1n) is 24.8. The molecular weight excluding hydrogens is 1070 g/mol. The van der Waals surface area contributed by atoms with Gasteiger partial charge in [-0.3, -0.25) is 9.97 Å². The largest absolute Gasteiger partial charge is 0 e. The molecule has 0 aliphatic heterocycles. The maximum absolute atomic E-state index is 7.56. The van der Waals surface area contributed by atoms with Crippen LogP contribution in [0.25, 0.3) is 72.4 Å². The second kappa shape index (κ2) is 19.6. The molecule has 0 saturated heterocycles. The predicted molar refractivity (Wildman–Crippen MR) is 284 cm³/mol. The number of rotatable bonds is 9. The van der Waals surface area contributed by atoms with Crippen molar-refractivity contribution in [2.45, 2.75) is 89.8 Å². The van der Waals surface area contributed by atoms with E-state index in [4.69, 9.17) is 18.5 Å². The van der Waals surface area contributed by atoms with Crippen LogP contribution < -0.4 is 4.40 Å². The zero-order chi connectivity index (χ0) is 49.7. The topological polar surface area (TPSA) is 56.7 Å². The van der Waals surface area contributed by atoms with Crippen LogP contribution in [-0.2, 0) is 25.5 Å². The number of imidazole rings is 1. The monoisotopic (exact) mass is 1130 g/mol. The van der Waals surface area contributed by atoms with Crippen molar-refractivity contribution < 1.29 is 28.6 Å². The second-order valence-electron chi connectivity index (χ2n) is 19.8. The van der Waals surface area contributed by atoms with Crippen LogP contribution in [0.5, 0.6) is 0 Å². The van der Waals surface area contributed by atoms with Gasteiger partial charge in [0.1, 0.15) is 5.58 Å². The van der Waals surface area contributed by atoms with E-state index in [0.717, 1.165) is 61.3 Å². The summed E-state index contributed by atoms with van der Waals surface area (Å²) in [7, 11) is 0. The fourth-order valence-corrected chi connectivity index (χ4v) is 12.7. The molecule has 7 heteroatoms. The number of benzene rings is 6. The third-order valence-electron chi connectivity index (χ3n) is 13.0. The molecule has 4 aromatic heterocycles. The average Bonchev–Trinajstić information content (AvgIpc) is 3.92. The van der Waals surface area contributed by atoms with E-state index in [-0.39, 0.29) is 37.4 Å². The van der Waals surface area contributed by atoms with E-state index in [1.165, 1.54) is 43.5 Å². The minimum absolute atomic E-state index is 0. The van der Waals surface area contributed by atoms with Crippen LogP contribution in [-0.4, -0.2) is 32.8 Å². The zero-order valence-electron chi connectivity index (χ0n) is 43.6. The summed E-state index contributed by atoms with van der Waals surface area (Å²) < 4.78 is 32.9. The number of nitrogens with zero attached hydrogens (tertiary/aromatic N) is 4. The summed E-state index contributed by atoms with van der Waals surface area (Å²) in [6, 6.07) is 54.2. The number of pyridine rings is 2. The van der Waals surface area contributed by atoms with Gasteiger partial charge >= 0.3 is 165 Å². The number of para-hydroxylation sites is 1. The van der Waals surface area contributed by atoms with Gasteiger partial charge in [-0.15, -0.1) is 18.2 Å². The quantitative estimate of drug-likeness (QED) is 0.107. The van der Waals surface area contributed by atoms with Gasteiger partial charge in [0.25, 0.3) is 0 Å². The van der Waals surface area contributed by atoms with Gasteiger partial charge in [0.05, 0.1) is 28.6 Å². The molecule has 345 valence electrons. The molecule has 0 fully saturated rings. The van der Waals surface area contributed by atoms with Gasteiger partial charge < -0.3 is 8.98 Å². The van der Waals surface area contributed by atoms with Crippen molar-refractivity contribution in [3.05, 3.63) is 198 Å². The smallest absolute Gasteiger partial charge is 0 e. The Morgan fingerprint density at radius 3 is 2.04 bits per heavy atom. The van der Waals surface area contributed by atoms with Crippen molar-refractivity contribution in [2.24, 2.45) is 0 Å². The van der Waals surface area contributed by atoms with Crippen LogP contribution >= 0.6 is 0 Å². The van der Waals surface area contributed by atoms with Crippen LogP contribution in [0.4, 0.5) is 0 Å². The van der Waals surface area contributed by atoms with Crippen molar-refractivity contribution in [3.63, 3.8) is 0 Å². The summed E-state index contributed by atoms with van der Waals surface area (Å²) in [6.07, 6.45) is 3.92. The minimum Gasteiger partial charge on any atom is 0 e. The summed E-state index contributed by atoms with van der Waals surface area (Å²) in [5.74, 6) is 8.54. The Kier molecular flexibility index (Phi) is 12.8. The summed E-state index contributed by atoms with van der Waals surface area (Å²) in [5.41, 5.74) is 15.9. The molecule has 0 spiro atoms. The van der Waals surface area contributed by atoms with Crippen molar-refractivity contribution >= 4 is 50.6 Å². The molecule has 10 aromatic rings. The molecule has 0 unspecified atom stereocenters. The van der Waals surface area contributed by atoms with Gasteiger partial charge in [0.15, 0.2) is 0 Å². The predicted octanol–water partition coefficient (Wildman–Crippen LogP) is 15.7. The number of hydrogen-bond acceptors (Lipinski definition) is 4. The molecule has 4 heterocycles. The minimum atomic E-state index is -2.18. The first kappa shape index (κ1) is 44.6. The number of aromatic nitrogens is 4. The summed E-state index contributed by atoms with van der Waals surface area (Å²) in [4.78, 5) is 14.6. The molecule has 0 amide bonds. The molecule has 0 bridgehead atoms. The number of hydrogen-bond donors (Lipinski definition) is 0.